The lowest BCUT2D eigenvalue weighted by atomic mass is 9.99. The topological polar surface area (TPSA) is 9.23 Å². The number of ether oxygens (including phenoxy) is 1. The Hall–Kier alpha value is -0.980. The average molecular weight is 192 g/mol. The van der Waals surface area contributed by atoms with Crippen LogP contribution < -0.4 is 4.74 Å². The molecule has 1 aromatic rings. The van der Waals surface area contributed by atoms with Crippen LogP contribution in [-0.4, -0.2) is 7.11 Å². The molecule has 0 bridgehead atoms. The fourth-order valence-electron chi connectivity index (χ4n) is 1.81. The van der Waals surface area contributed by atoms with Crippen LogP contribution in [0, 0.1) is 13.8 Å². The molecule has 0 radical (unpaired) electrons. The summed E-state index contributed by atoms with van der Waals surface area (Å²) in [5.41, 5.74) is 4.01. The molecular weight excluding hydrogens is 172 g/mol. The van der Waals surface area contributed by atoms with Crippen LogP contribution in [0.2, 0.25) is 0 Å². The Morgan fingerprint density at radius 1 is 1.21 bits per heavy atom. The van der Waals surface area contributed by atoms with Crippen LogP contribution in [0.3, 0.4) is 0 Å². The van der Waals surface area contributed by atoms with E-state index in [0.29, 0.717) is 0 Å². The zero-order valence-electron chi connectivity index (χ0n) is 9.68. The Morgan fingerprint density at radius 2 is 1.93 bits per heavy atom. The highest BCUT2D eigenvalue weighted by Gasteiger charge is 2.06. The Bertz CT molecular complexity index is 302. The van der Waals surface area contributed by atoms with Gasteiger partial charge in [-0.3, -0.25) is 0 Å². The molecule has 0 fully saturated rings. The van der Waals surface area contributed by atoms with Crippen molar-refractivity contribution in [3.63, 3.8) is 0 Å². The van der Waals surface area contributed by atoms with Crippen molar-refractivity contribution in [2.75, 3.05) is 7.11 Å². The molecule has 0 aromatic heterocycles. The second kappa shape index (κ2) is 5.04. The summed E-state index contributed by atoms with van der Waals surface area (Å²) in [5.74, 6) is 1.05. The molecule has 14 heavy (non-hydrogen) atoms. The summed E-state index contributed by atoms with van der Waals surface area (Å²) in [6.45, 7) is 6.50. The van der Waals surface area contributed by atoms with E-state index in [4.69, 9.17) is 4.74 Å². The van der Waals surface area contributed by atoms with Gasteiger partial charge in [-0.25, -0.2) is 0 Å². The van der Waals surface area contributed by atoms with Gasteiger partial charge in [0.15, 0.2) is 0 Å². The maximum absolute atomic E-state index is 5.40. The molecule has 1 rings (SSSR count). The van der Waals surface area contributed by atoms with E-state index in [1.54, 1.807) is 7.11 Å². The van der Waals surface area contributed by atoms with E-state index < -0.39 is 0 Å². The van der Waals surface area contributed by atoms with Crippen LogP contribution in [0.4, 0.5) is 0 Å². The molecule has 78 valence electrons. The highest BCUT2D eigenvalue weighted by Crippen LogP contribution is 2.25. The van der Waals surface area contributed by atoms with Gasteiger partial charge in [-0.1, -0.05) is 19.4 Å². The van der Waals surface area contributed by atoms with Crippen molar-refractivity contribution in [3.8, 4) is 5.75 Å². The molecule has 1 nitrogen and oxygen atoms in total. The summed E-state index contributed by atoms with van der Waals surface area (Å²) in [6.07, 6.45) is 3.60. The van der Waals surface area contributed by atoms with Gasteiger partial charge >= 0.3 is 0 Å². The van der Waals surface area contributed by atoms with E-state index in [1.165, 1.54) is 29.5 Å². The smallest absolute Gasteiger partial charge is 0.122 e. The highest BCUT2D eigenvalue weighted by atomic mass is 16.5. The van der Waals surface area contributed by atoms with Crippen LogP contribution in [0.5, 0.6) is 5.75 Å². The van der Waals surface area contributed by atoms with E-state index in [0.717, 1.165) is 12.2 Å². The van der Waals surface area contributed by atoms with Crippen molar-refractivity contribution in [2.24, 2.45) is 0 Å². The van der Waals surface area contributed by atoms with Gasteiger partial charge in [0.05, 0.1) is 7.11 Å². The lowest BCUT2D eigenvalue weighted by Gasteiger charge is -2.12. The molecule has 0 aliphatic rings. The molecule has 0 aliphatic carbocycles. The van der Waals surface area contributed by atoms with Gasteiger partial charge in [-0.15, -0.1) is 0 Å². The van der Waals surface area contributed by atoms with Crippen molar-refractivity contribution in [3.05, 3.63) is 28.8 Å². The number of benzene rings is 1. The lowest BCUT2D eigenvalue weighted by molar-refractivity contribution is 0.408. The Kier molecular flexibility index (Phi) is 3.99. The predicted octanol–water partition coefficient (Wildman–Crippen LogP) is 3.65. The molecule has 0 spiro atoms. The van der Waals surface area contributed by atoms with Gasteiger partial charge < -0.3 is 4.74 Å². The minimum atomic E-state index is 1.05. The molecular formula is C13H20O. The average Bonchev–Trinajstić information content (AvgIpc) is 2.15. The van der Waals surface area contributed by atoms with Gasteiger partial charge in [0, 0.05) is 0 Å². The monoisotopic (exact) mass is 192 g/mol. The first-order chi connectivity index (χ1) is 6.69. The first kappa shape index (κ1) is 11.1. The summed E-state index contributed by atoms with van der Waals surface area (Å²) in [7, 11) is 1.75. The first-order valence-corrected chi connectivity index (χ1v) is 5.33. The molecule has 0 saturated carbocycles. The molecule has 0 amide bonds. The molecule has 0 saturated heterocycles. The molecule has 0 atom stereocenters. The Morgan fingerprint density at radius 3 is 2.50 bits per heavy atom. The lowest BCUT2D eigenvalue weighted by Crippen LogP contribution is -1.96. The molecule has 1 aromatic carbocycles. The predicted molar refractivity (Wildman–Crippen MR) is 61.1 cm³/mol. The largest absolute Gasteiger partial charge is 0.496 e. The number of rotatable bonds is 4. The van der Waals surface area contributed by atoms with Gasteiger partial charge in [-0.2, -0.15) is 0 Å². The number of aryl methyl sites for hydroxylation is 2. The van der Waals surface area contributed by atoms with Crippen LogP contribution >= 0.6 is 0 Å². The molecule has 0 heterocycles. The third-order valence-electron chi connectivity index (χ3n) is 2.58. The van der Waals surface area contributed by atoms with E-state index in [9.17, 15) is 0 Å². The normalized spacial score (nSPS) is 10.3. The van der Waals surface area contributed by atoms with Gasteiger partial charge in [0.25, 0.3) is 0 Å². The van der Waals surface area contributed by atoms with E-state index in [1.807, 2.05) is 0 Å². The zero-order valence-corrected chi connectivity index (χ0v) is 9.68. The fraction of sp³-hybridized carbons (Fsp3) is 0.538. The Labute approximate surface area is 87.1 Å². The van der Waals surface area contributed by atoms with Crippen molar-refractivity contribution >= 4 is 0 Å². The third kappa shape index (κ3) is 2.50. The zero-order chi connectivity index (χ0) is 10.6. The van der Waals surface area contributed by atoms with Crippen LogP contribution in [0.15, 0.2) is 12.1 Å². The van der Waals surface area contributed by atoms with Gasteiger partial charge in [0.2, 0.25) is 0 Å². The van der Waals surface area contributed by atoms with Crippen LogP contribution in [0.25, 0.3) is 0 Å². The van der Waals surface area contributed by atoms with Crippen LogP contribution in [-0.2, 0) is 6.42 Å². The SMILES string of the molecule is CCCCc1c(C)cc(C)cc1OC. The Balaban J connectivity index is 2.99. The van der Waals surface area contributed by atoms with Crippen molar-refractivity contribution < 1.29 is 4.74 Å². The number of hydrogen-bond acceptors (Lipinski definition) is 1. The molecule has 1 heteroatoms. The number of hydrogen-bond donors (Lipinski definition) is 0. The minimum absolute atomic E-state index is 1.05. The second-order valence-corrected chi connectivity index (χ2v) is 3.87. The van der Waals surface area contributed by atoms with Crippen molar-refractivity contribution in [2.45, 2.75) is 40.0 Å². The molecule has 0 N–H and O–H groups in total. The van der Waals surface area contributed by atoms with Crippen molar-refractivity contribution in [1.82, 2.24) is 0 Å². The number of unbranched alkanes of at least 4 members (excludes halogenated alkanes) is 1. The minimum Gasteiger partial charge on any atom is -0.496 e. The first-order valence-electron chi connectivity index (χ1n) is 5.33. The summed E-state index contributed by atoms with van der Waals surface area (Å²) >= 11 is 0. The third-order valence-corrected chi connectivity index (χ3v) is 2.58. The summed E-state index contributed by atoms with van der Waals surface area (Å²) in [6, 6.07) is 4.35. The summed E-state index contributed by atoms with van der Waals surface area (Å²) < 4.78 is 5.40. The van der Waals surface area contributed by atoms with E-state index in [2.05, 4.69) is 32.9 Å². The van der Waals surface area contributed by atoms with E-state index in [-0.39, 0.29) is 0 Å². The quantitative estimate of drug-likeness (QED) is 0.707. The summed E-state index contributed by atoms with van der Waals surface area (Å²) in [4.78, 5) is 0. The maximum Gasteiger partial charge on any atom is 0.122 e. The highest BCUT2D eigenvalue weighted by molar-refractivity contribution is 5.43. The van der Waals surface area contributed by atoms with Gasteiger partial charge in [-0.05, 0) is 49.4 Å². The van der Waals surface area contributed by atoms with Gasteiger partial charge in [0.1, 0.15) is 5.75 Å². The maximum atomic E-state index is 5.40. The standard InChI is InChI=1S/C13H20O/c1-5-6-7-12-11(3)8-10(2)9-13(12)14-4/h8-9H,5-7H2,1-4H3. The molecule has 0 aliphatic heterocycles. The molecule has 0 unspecified atom stereocenters. The van der Waals surface area contributed by atoms with Crippen LogP contribution in [0.1, 0.15) is 36.5 Å². The summed E-state index contributed by atoms with van der Waals surface area (Å²) in [5, 5.41) is 0. The second-order valence-electron chi connectivity index (χ2n) is 3.87. The van der Waals surface area contributed by atoms with Crippen molar-refractivity contribution in [1.29, 1.82) is 0 Å². The van der Waals surface area contributed by atoms with E-state index >= 15 is 0 Å². The number of methoxy groups -OCH3 is 1. The fourth-order valence-corrected chi connectivity index (χ4v) is 1.81.